The Balaban J connectivity index is 2.49. The van der Waals surface area contributed by atoms with Gasteiger partial charge in [0, 0.05) is 5.02 Å². The van der Waals surface area contributed by atoms with Crippen LogP contribution in [0.3, 0.4) is 0 Å². The topological polar surface area (TPSA) is 12.0 Å². The molecule has 0 saturated heterocycles. The molecule has 1 rings (SSSR count). The van der Waals surface area contributed by atoms with Crippen molar-refractivity contribution < 1.29 is 4.39 Å². The highest BCUT2D eigenvalue weighted by Gasteiger charge is 2.10. The molecule has 0 fully saturated rings. The minimum absolute atomic E-state index is 0.199. The fourth-order valence-electron chi connectivity index (χ4n) is 1.68. The number of nitrogens with one attached hydrogen (secondary N) is 1. The molecule has 0 radical (unpaired) electrons. The second kappa shape index (κ2) is 6.87. The van der Waals surface area contributed by atoms with Crippen LogP contribution in [0.4, 0.5) is 4.39 Å². The second-order valence-electron chi connectivity index (χ2n) is 4.11. The van der Waals surface area contributed by atoms with Crippen molar-refractivity contribution in [2.45, 2.75) is 32.6 Å². The second-order valence-corrected chi connectivity index (χ2v) is 4.54. The summed E-state index contributed by atoms with van der Waals surface area (Å²) in [5.41, 5.74) is 0.752. The quantitative estimate of drug-likeness (QED) is 0.746. The lowest BCUT2D eigenvalue weighted by atomic mass is 9.97. The Hall–Kier alpha value is -0.600. The first kappa shape index (κ1) is 13.5. The van der Waals surface area contributed by atoms with Crippen LogP contribution in [0.1, 0.15) is 38.2 Å². The van der Waals surface area contributed by atoms with Gasteiger partial charge >= 0.3 is 0 Å². The molecule has 1 aromatic rings. The molecule has 90 valence electrons. The largest absolute Gasteiger partial charge is 0.317 e. The highest BCUT2D eigenvalue weighted by Crippen LogP contribution is 2.24. The zero-order valence-electron chi connectivity index (χ0n) is 9.89. The normalized spacial score (nSPS) is 12.8. The van der Waals surface area contributed by atoms with E-state index in [1.54, 1.807) is 12.1 Å². The third-order valence-corrected chi connectivity index (χ3v) is 2.91. The zero-order valence-corrected chi connectivity index (χ0v) is 10.6. The van der Waals surface area contributed by atoms with Crippen molar-refractivity contribution in [1.82, 2.24) is 5.32 Å². The van der Waals surface area contributed by atoms with Gasteiger partial charge in [0.05, 0.1) is 0 Å². The summed E-state index contributed by atoms with van der Waals surface area (Å²) in [6.07, 6.45) is 2.07. The van der Waals surface area contributed by atoms with Crippen LogP contribution in [-0.2, 0) is 0 Å². The first-order chi connectivity index (χ1) is 7.65. The van der Waals surface area contributed by atoms with Gasteiger partial charge in [0.15, 0.2) is 0 Å². The molecule has 1 aromatic carbocycles. The van der Waals surface area contributed by atoms with Gasteiger partial charge in [0.1, 0.15) is 5.82 Å². The van der Waals surface area contributed by atoms with Crippen molar-refractivity contribution in [1.29, 1.82) is 0 Å². The highest BCUT2D eigenvalue weighted by molar-refractivity contribution is 6.30. The summed E-state index contributed by atoms with van der Waals surface area (Å²) in [5.74, 6) is 0.0251. The lowest BCUT2D eigenvalue weighted by Crippen LogP contribution is -2.17. The molecular formula is C13H19ClFN. The van der Waals surface area contributed by atoms with Crippen LogP contribution in [0, 0.1) is 5.82 Å². The lowest BCUT2D eigenvalue weighted by Gasteiger charge is -2.13. The molecule has 0 aromatic heterocycles. The van der Waals surface area contributed by atoms with Gasteiger partial charge in [-0.25, -0.2) is 4.39 Å². The molecular weight excluding hydrogens is 225 g/mol. The summed E-state index contributed by atoms with van der Waals surface area (Å²) >= 11 is 5.71. The smallest absolute Gasteiger partial charge is 0.128 e. The Morgan fingerprint density at radius 3 is 2.75 bits per heavy atom. The molecule has 0 spiro atoms. The van der Waals surface area contributed by atoms with Gasteiger partial charge in [-0.15, -0.1) is 0 Å². The molecule has 0 aliphatic rings. The number of benzene rings is 1. The molecule has 3 heteroatoms. The molecule has 0 aliphatic carbocycles. The predicted octanol–water partition coefficient (Wildman–Crippen LogP) is 3.97. The van der Waals surface area contributed by atoms with E-state index in [0.29, 0.717) is 5.02 Å². The molecule has 1 unspecified atom stereocenters. The van der Waals surface area contributed by atoms with Crippen LogP contribution in [0.2, 0.25) is 5.02 Å². The van der Waals surface area contributed by atoms with Crippen molar-refractivity contribution in [3.05, 3.63) is 34.6 Å². The molecule has 0 bridgehead atoms. The van der Waals surface area contributed by atoms with Crippen molar-refractivity contribution in [3.8, 4) is 0 Å². The van der Waals surface area contributed by atoms with Gasteiger partial charge in [-0.3, -0.25) is 0 Å². The average molecular weight is 244 g/mol. The van der Waals surface area contributed by atoms with E-state index in [1.165, 1.54) is 6.07 Å². The van der Waals surface area contributed by atoms with E-state index in [-0.39, 0.29) is 11.7 Å². The van der Waals surface area contributed by atoms with Crippen LogP contribution in [0.25, 0.3) is 0 Å². The number of halogens is 2. The number of hydrogen-bond acceptors (Lipinski definition) is 1. The van der Waals surface area contributed by atoms with Crippen molar-refractivity contribution in [2.75, 3.05) is 13.1 Å². The Morgan fingerprint density at radius 2 is 2.12 bits per heavy atom. The summed E-state index contributed by atoms with van der Waals surface area (Å²) in [6, 6.07) is 4.91. The van der Waals surface area contributed by atoms with Crippen LogP contribution in [-0.4, -0.2) is 13.1 Å². The van der Waals surface area contributed by atoms with Gasteiger partial charge in [0.25, 0.3) is 0 Å². The Bertz CT molecular complexity index is 328. The average Bonchev–Trinajstić information content (AvgIpc) is 2.24. The monoisotopic (exact) mass is 243 g/mol. The predicted molar refractivity (Wildman–Crippen MR) is 67.6 cm³/mol. The molecule has 0 aliphatic heterocycles. The van der Waals surface area contributed by atoms with Crippen LogP contribution < -0.4 is 5.32 Å². The lowest BCUT2D eigenvalue weighted by molar-refractivity contribution is 0.551. The maximum atomic E-state index is 13.6. The summed E-state index contributed by atoms with van der Waals surface area (Å²) in [6.45, 7) is 6.13. The van der Waals surface area contributed by atoms with E-state index in [0.717, 1.165) is 31.5 Å². The van der Waals surface area contributed by atoms with E-state index in [2.05, 4.69) is 12.2 Å². The standard InChI is InChI=1S/C13H19ClFN/c1-3-7-16-8-6-10(2)12-5-4-11(14)9-13(12)15/h4-5,9-10,16H,3,6-8H2,1-2H3. The summed E-state index contributed by atoms with van der Waals surface area (Å²) < 4.78 is 13.6. The Morgan fingerprint density at radius 1 is 1.38 bits per heavy atom. The minimum atomic E-state index is -0.199. The van der Waals surface area contributed by atoms with Crippen LogP contribution in [0.5, 0.6) is 0 Å². The first-order valence-electron chi connectivity index (χ1n) is 5.80. The van der Waals surface area contributed by atoms with Gasteiger partial charge in [-0.05, 0) is 49.5 Å². The minimum Gasteiger partial charge on any atom is -0.317 e. The maximum absolute atomic E-state index is 13.6. The third kappa shape index (κ3) is 4.11. The Kier molecular flexibility index (Phi) is 5.78. The molecule has 0 amide bonds. The van der Waals surface area contributed by atoms with Crippen LogP contribution in [0.15, 0.2) is 18.2 Å². The van der Waals surface area contributed by atoms with E-state index in [9.17, 15) is 4.39 Å². The molecule has 1 atom stereocenters. The molecule has 0 heterocycles. The van der Waals surface area contributed by atoms with Crippen molar-refractivity contribution in [3.63, 3.8) is 0 Å². The summed E-state index contributed by atoms with van der Waals surface area (Å²) in [7, 11) is 0. The maximum Gasteiger partial charge on any atom is 0.128 e. The molecule has 0 saturated carbocycles. The fourth-order valence-corrected chi connectivity index (χ4v) is 1.84. The molecule has 1 nitrogen and oxygen atoms in total. The van der Waals surface area contributed by atoms with E-state index in [1.807, 2.05) is 6.92 Å². The number of hydrogen-bond donors (Lipinski definition) is 1. The third-order valence-electron chi connectivity index (χ3n) is 2.67. The summed E-state index contributed by atoms with van der Waals surface area (Å²) in [4.78, 5) is 0. The number of rotatable bonds is 6. The van der Waals surface area contributed by atoms with Gasteiger partial charge in [-0.2, -0.15) is 0 Å². The highest BCUT2D eigenvalue weighted by atomic mass is 35.5. The van der Waals surface area contributed by atoms with E-state index < -0.39 is 0 Å². The van der Waals surface area contributed by atoms with Gasteiger partial charge < -0.3 is 5.32 Å². The fraction of sp³-hybridized carbons (Fsp3) is 0.538. The van der Waals surface area contributed by atoms with Gasteiger partial charge in [-0.1, -0.05) is 31.5 Å². The van der Waals surface area contributed by atoms with Crippen LogP contribution >= 0.6 is 11.6 Å². The molecule has 16 heavy (non-hydrogen) atoms. The molecule has 1 N–H and O–H groups in total. The van der Waals surface area contributed by atoms with Crippen molar-refractivity contribution >= 4 is 11.6 Å². The van der Waals surface area contributed by atoms with E-state index >= 15 is 0 Å². The first-order valence-corrected chi connectivity index (χ1v) is 6.18. The summed E-state index contributed by atoms with van der Waals surface area (Å²) in [5, 5.41) is 3.77. The van der Waals surface area contributed by atoms with Crippen molar-refractivity contribution in [2.24, 2.45) is 0 Å². The Labute approximate surface area is 102 Å². The van der Waals surface area contributed by atoms with Gasteiger partial charge in [0.2, 0.25) is 0 Å². The van der Waals surface area contributed by atoms with E-state index in [4.69, 9.17) is 11.6 Å². The SMILES string of the molecule is CCCNCCC(C)c1ccc(Cl)cc1F. The zero-order chi connectivity index (χ0) is 12.0.